The molecule has 0 aliphatic rings. The normalized spacial score (nSPS) is 11.2. The molecule has 10 nitrogen and oxygen atoms in total. The Morgan fingerprint density at radius 2 is 1.12 bits per heavy atom. The zero-order valence-corrected chi connectivity index (χ0v) is 13.8. The maximum Gasteiger partial charge on any atom is 0.317 e. The molecule has 3 N–H and O–H groups in total. The molecule has 0 spiro atoms. The molecule has 0 fully saturated rings. The van der Waals surface area contributed by atoms with Crippen LogP contribution in [0.5, 0.6) is 0 Å². The molecule has 0 radical (unpaired) electrons. The van der Waals surface area contributed by atoms with Crippen LogP contribution in [0.4, 0.5) is 0 Å². The third-order valence-electron chi connectivity index (χ3n) is 3.32. The lowest BCUT2D eigenvalue weighted by molar-refractivity contribution is -0.142. The van der Waals surface area contributed by atoms with Crippen LogP contribution in [0.25, 0.3) is 0 Å². The van der Waals surface area contributed by atoms with E-state index in [-0.39, 0.29) is 19.6 Å². The summed E-state index contributed by atoms with van der Waals surface area (Å²) in [5.74, 6) is -3.19. The maximum atomic E-state index is 10.8. The highest BCUT2D eigenvalue weighted by atomic mass is 16.4. The SMILES string of the molecule is CCN(CCN(CC=O)CCN(CC(=O)O)CC(=O)O)CC(=O)O. The van der Waals surface area contributed by atoms with Gasteiger partial charge in [-0.3, -0.25) is 29.1 Å². The minimum Gasteiger partial charge on any atom is -0.480 e. The van der Waals surface area contributed by atoms with Crippen molar-refractivity contribution in [3.63, 3.8) is 0 Å². The molecule has 0 aromatic heterocycles. The summed E-state index contributed by atoms with van der Waals surface area (Å²) < 4.78 is 0. The number of carboxylic acids is 3. The van der Waals surface area contributed by atoms with Gasteiger partial charge in [-0.2, -0.15) is 0 Å². The second-order valence-electron chi connectivity index (χ2n) is 5.23. The lowest BCUT2D eigenvalue weighted by Gasteiger charge is -2.27. The Morgan fingerprint density at radius 3 is 1.50 bits per heavy atom. The summed E-state index contributed by atoms with van der Waals surface area (Å²) in [6.45, 7) is 2.93. The molecule has 0 saturated heterocycles. The van der Waals surface area contributed by atoms with Gasteiger partial charge in [0.15, 0.2) is 0 Å². The summed E-state index contributed by atoms with van der Waals surface area (Å²) in [5.41, 5.74) is 0. The van der Waals surface area contributed by atoms with Crippen LogP contribution in [0.15, 0.2) is 0 Å². The van der Waals surface area contributed by atoms with Gasteiger partial charge < -0.3 is 20.1 Å². The zero-order valence-electron chi connectivity index (χ0n) is 13.8. The van der Waals surface area contributed by atoms with E-state index in [1.165, 1.54) is 4.90 Å². The monoisotopic (exact) mass is 347 g/mol. The molecule has 0 heterocycles. The van der Waals surface area contributed by atoms with Crippen molar-refractivity contribution >= 4 is 24.2 Å². The topological polar surface area (TPSA) is 139 Å². The molecule has 0 bridgehead atoms. The van der Waals surface area contributed by atoms with Gasteiger partial charge in [-0.1, -0.05) is 6.92 Å². The number of carboxylic acid groups (broad SMARTS) is 3. The maximum absolute atomic E-state index is 10.8. The van der Waals surface area contributed by atoms with E-state index < -0.39 is 31.0 Å². The van der Waals surface area contributed by atoms with Gasteiger partial charge in [-0.05, 0) is 6.54 Å². The molecule has 0 aliphatic carbocycles. The first kappa shape index (κ1) is 22.0. The summed E-state index contributed by atoms with van der Waals surface area (Å²) in [6, 6.07) is 0. The standard InChI is InChI=1S/C14H25N3O7/c1-2-15(9-12(19)20)3-4-16(7-8-18)5-6-17(10-13(21)22)11-14(23)24/h8H,2-7,9-11H2,1H3,(H,19,20)(H,21,22)(H,23,24). The van der Waals surface area contributed by atoms with Crippen molar-refractivity contribution in [3.8, 4) is 0 Å². The number of hydrogen-bond acceptors (Lipinski definition) is 7. The van der Waals surface area contributed by atoms with E-state index in [1.54, 1.807) is 9.80 Å². The van der Waals surface area contributed by atoms with Gasteiger partial charge in [-0.25, -0.2) is 0 Å². The zero-order chi connectivity index (χ0) is 18.5. The fourth-order valence-corrected chi connectivity index (χ4v) is 2.10. The molecule has 0 aliphatic heterocycles. The molecule has 0 rings (SSSR count). The average Bonchev–Trinajstić information content (AvgIpc) is 2.46. The number of hydrogen-bond donors (Lipinski definition) is 3. The Kier molecular flexibility index (Phi) is 11.3. The van der Waals surface area contributed by atoms with E-state index >= 15 is 0 Å². The molecule has 0 amide bonds. The third kappa shape index (κ3) is 11.5. The predicted octanol–water partition coefficient (Wildman–Crippen LogP) is -1.63. The van der Waals surface area contributed by atoms with E-state index in [4.69, 9.17) is 15.3 Å². The number of nitrogens with zero attached hydrogens (tertiary/aromatic N) is 3. The highest BCUT2D eigenvalue weighted by Crippen LogP contribution is 1.95. The van der Waals surface area contributed by atoms with Gasteiger partial charge in [-0.15, -0.1) is 0 Å². The predicted molar refractivity (Wildman–Crippen MR) is 84.0 cm³/mol. The fourth-order valence-electron chi connectivity index (χ4n) is 2.10. The Balaban J connectivity index is 4.51. The Bertz CT molecular complexity index is 415. The molecule has 0 unspecified atom stereocenters. The first-order valence-electron chi connectivity index (χ1n) is 7.54. The fraction of sp³-hybridized carbons (Fsp3) is 0.714. The van der Waals surface area contributed by atoms with Crippen molar-refractivity contribution in [1.29, 1.82) is 0 Å². The first-order valence-corrected chi connectivity index (χ1v) is 7.54. The Morgan fingerprint density at radius 1 is 0.750 bits per heavy atom. The second-order valence-corrected chi connectivity index (χ2v) is 5.23. The number of aldehydes is 1. The quantitative estimate of drug-likeness (QED) is 0.296. The van der Waals surface area contributed by atoms with E-state index in [2.05, 4.69) is 0 Å². The molecule has 0 atom stereocenters. The lowest BCUT2D eigenvalue weighted by atomic mass is 10.3. The number of rotatable bonds is 15. The molecular weight excluding hydrogens is 322 g/mol. The molecule has 0 saturated carbocycles. The van der Waals surface area contributed by atoms with Gasteiger partial charge in [0.05, 0.1) is 26.2 Å². The van der Waals surface area contributed by atoms with Crippen molar-refractivity contribution in [2.45, 2.75) is 6.92 Å². The van der Waals surface area contributed by atoms with E-state index in [9.17, 15) is 19.2 Å². The van der Waals surface area contributed by atoms with Crippen LogP contribution in [-0.4, -0.2) is 113 Å². The van der Waals surface area contributed by atoms with Crippen molar-refractivity contribution < 1.29 is 34.5 Å². The second kappa shape index (κ2) is 12.4. The van der Waals surface area contributed by atoms with Gasteiger partial charge >= 0.3 is 17.9 Å². The van der Waals surface area contributed by atoms with E-state index in [0.29, 0.717) is 32.5 Å². The smallest absolute Gasteiger partial charge is 0.317 e. The minimum absolute atomic E-state index is 0.102. The van der Waals surface area contributed by atoms with Crippen molar-refractivity contribution in [2.75, 3.05) is 58.9 Å². The van der Waals surface area contributed by atoms with Crippen LogP contribution in [0.1, 0.15) is 6.92 Å². The molecule has 0 aromatic carbocycles. The summed E-state index contributed by atoms with van der Waals surface area (Å²) >= 11 is 0. The van der Waals surface area contributed by atoms with Crippen LogP contribution in [0.3, 0.4) is 0 Å². The van der Waals surface area contributed by atoms with Crippen molar-refractivity contribution in [2.24, 2.45) is 0 Å². The molecule has 10 heteroatoms. The molecule has 0 aromatic rings. The van der Waals surface area contributed by atoms with Crippen LogP contribution in [0, 0.1) is 0 Å². The molecule has 24 heavy (non-hydrogen) atoms. The van der Waals surface area contributed by atoms with Crippen LogP contribution >= 0.6 is 0 Å². The number of aliphatic carboxylic acids is 3. The van der Waals surface area contributed by atoms with Gasteiger partial charge in [0.1, 0.15) is 6.29 Å². The van der Waals surface area contributed by atoms with Gasteiger partial charge in [0, 0.05) is 26.2 Å². The average molecular weight is 347 g/mol. The highest BCUT2D eigenvalue weighted by molar-refractivity contribution is 5.72. The number of carbonyl (C=O) groups excluding carboxylic acids is 1. The van der Waals surface area contributed by atoms with Crippen LogP contribution < -0.4 is 0 Å². The van der Waals surface area contributed by atoms with Crippen LogP contribution in [0.2, 0.25) is 0 Å². The number of likely N-dealkylation sites (N-methyl/N-ethyl adjacent to an activating group) is 1. The minimum atomic E-state index is -1.13. The Hall–Kier alpha value is -2.04. The largest absolute Gasteiger partial charge is 0.480 e. The highest BCUT2D eigenvalue weighted by Gasteiger charge is 2.16. The molecule has 138 valence electrons. The summed E-state index contributed by atoms with van der Waals surface area (Å²) in [7, 11) is 0. The third-order valence-corrected chi connectivity index (χ3v) is 3.32. The summed E-state index contributed by atoms with van der Waals surface area (Å²) in [4.78, 5) is 47.7. The summed E-state index contributed by atoms with van der Waals surface area (Å²) in [5, 5.41) is 26.4. The van der Waals surface area contributed by atoms with Crippen molar-refractivity contribution in [1.82, 2.24) is 14.7 Å². The molecular formula is C14H25N3O7. The van der Waals surface area contributed by atoms with Crippen molar-refractivity contribution in [3.05, 3.63) is 0 Å². The summed E-state index contributed by atoms with van der Waals surface area (Å²) in [6.07, 6.45) is 0.701. The van der Waals surface area contributed by atoms with Crippen LogP contribution in [-0.2, 0) is 19.2 Å². The van der Waals surface area contributed by atoms with E-state index in [1.807, 2.05) is 6.92 Å². The lowest BCUT2D eigenvalue weighted by Crippen LogP contribution is -2.43. The van der Waals surface area contributed by atoms with Gasteiger partial charge in [0.25, 0.3) is 0 Å². The number of carbonyl (C=O) groups is 4. The van der Waals surface area contributed by atoms with E-state index in [0.717, 1.165) is 0 Å². The Labute approximate surface area is 140 Å². The van der Waals surface area contributed by atoms with Gasteiger partial charge in [0.2, 0.25) is 0 Å². The first-order chi connectivity index (χ1) is 11.3.